The number of rotatable bonds is 4. The Labute approximate surface area is 92.3 Å². The van der Waals surface area contributed by atoms with E-state index in [1.165, 1.54) is 32.4 Å². The Balaban J connectivity index is 2.22. The highest BCUT2D eigenvalue weighted by molar-refractivity contribution is 4.76. The van der Waals surface area contributed by atoms with Gasteiger partial charge in [0.25, 0.3) is 0 Å². The molecule has 0 unspecified atom stereocenters. The molecule has 1 saturated heterocycles. The van der Waals surface area contributed by atoms with Gasteiger partial charge in [-0.3, -0.25) is 0 Å². The second-order valence-electron chi connectivity index (χ2n) is 5.17. The molecule has 0 bridgehead atoms. The topological polar surface area (TPSA) is 52.0 Å². The van der Waals surface area contributed by atoms with Crippen LogP contribution in [0.15, 0.2) is 5.11 Å². The summed E-state index contributed by atoms with van der Waals surface area (Å²) in [6.45, 7) is 8.83. The summed E-state index contributed by atoms with van der Waals surface area (Å²) in [6.07, 6.45) is 4.91. The van der Waals surface area contributed by atoms with E-state index < -0.39 is 0 Å². The lowest BCUT2D eigenvalue weighted by Crippen LogP contribution is -2.27. The van der Waals surface area contributed by atoms with Crippen molar-refractivity contribution < 1.29 is 0 Å². The smallest absolute Gasteiger partial charge is 0.0270 e. The van der Waals surface area contributed by atoms with Crippen LogP contribution >= 0.6 is 0 Å². The van der Waals surface area contributed by atoms with Crippen molar-refractivity contribution in [3.8, 4) is 0 Å². The summed E-state index contributed by atoms with van der Waals surface area (Å²) in [5.74, 6) is 0. The van der Waals surface area contributed by atoms with Gasteiger partial charge in [0.2, 0.25) is 0 Å². The lowest BCUT2D eigenvalue weighted by molar-refractivity contribution is 0.261. The van der Waals surface area contributed by atoms with Crippen molar-refractivity contribution in [2.75, 3.05) is 26.2 Å². The molecule has 0 amide bonds. The molecule has 86 valence electrons. The van der Waals surface area contributed by atoms with Crippen LogP contribution in [0, 0.1) is 5.41 Å². The molecule has 4 nitrogen and oxygen atoms in total. The first kappa shape index (κ1) is 12.3. The van der Waals surface area contributed by atoms with E-state index >= 15 is 0 Å². The molecule has 1 aliphatic rings. The minimum absolute atomic E-state index is 0.513. The summed E-state index contributed by atoms with van der Waals surface area (Å²) in [6, 6.07) is 0. The Bertz CT molecular complexity index is 231. The highest BCUT2D eigenvalue weighted by Crippen LogP contribution is 2.29. The summed E-state index contributed by atoms with van der Waals surface area (Å²) in [4.78, 5) is 5.27. The molecule has 0 atom stereocenters. The fraction of sp³-hybridized carbons (Fsp3) is 1.00. The lowest BCUT2D eigenvalue weighted by atomic mass is 9.85. The van der Waals surface area contributed by atoms with Gasteiger partial charge in [-0.15, -0.1) is 0 Å². The van der Waals surface area contributed by atoms with Crippen molar-refractivity contribution >= 4 is 0 Å². The number of hydrogen-bond acceptors (Lipinski definition) is 2. The third-order valence-corrected chi connectivity index (χ3v) is 3.23. The molecule has 0 spiro atoms. The largest absolute Gasteiger partial charge is 0.303 e. The van der Waals surface area contributed by atoms with Gasteiger partial charge in [-0.25, -0.2) is 0 Å². The lowest BCUT2D eigenvalue weighted by Gasteiger charge is -2.23. The zero-order chi connectivity index (χ0) is 11.1. The van der Waals surface area contributed by atoms with Gasteiger partial charge in [-0.1, -0.05) is 19.0 Å². The first-order valence-corrected chi connectivity index (χ1v) is 5.87. The molecule has 0 N–H and O–H groups in total. The monoisotopic (exact) mass is 210 g/mol. The van der Waals surface area contributed by atoms with Gasteiger partial charge in [-0.05, 0) is 56.3 Å². The first-order valence-electron chi connectivity index (χ1n) is 5.87. The van der Waals surface area contributed by atoms with Crippen LogP contribution in [0.5, 0.6) is 0 Å². The molecule has 0 aromatic carbocycles. The Morgan fingerprint density at radius 1 is 1.33 bits per heavy atom. The molecule has 0 radical (unpaired) electrons. The molecule has 1 fully saturated rings. The quantitative estimate of drug-likeness (QED) is 0.304. The third kappa shape index (κ3) is 5.05. The van der Waals surface area contributed by atoms with Gasteiger partial charge in [0.1, 0.15) is 0 Å². The van der Waals surface area contributed by atoms with Crippen LogP contribution in [0.3, 0.4) is 0 Å². The Hall–Kier alpha value is -0.730. The highest BCUT2D eigenvalue weighted by atomic mass is 15.1. The second-order valence-corrected chi connectivity index (χ2v) is 5.17. The molecule has 0 aliphatic carbocycles. The maximum Gasteiger partial charge on any atom is 0.0270 e. The second kappa shape index (κ2) is 5.99. The summed E-state index contributed by atoms with van der Waals surface area (Å²) < 4.78 is 0. The normalized spacial score (nSPS) is 21.7. The predicted octanol–water partition coefficient (Wildman–Crippen LogP) is 3.20. The van der Waals surface area contributed by atoms with Gasteiger partial charge in [0, 0.05) is 11.5 Å². The maximum absolute atomic E-state index is 8.16. The standard InChI is InChI=1S/C11H22N4/c1-11(2)5-3-8-15(10-6-11)9-4-7-13-14-12/h3-10H2,1-2H3. The molecule has 0 aromatic heterocycles. The third-order valence-electron chi connectivity index (χ3n) is 3.23. The van der Waals surface area contributed by atoms with E-state index in [4.69, 9.17) is 5.53 Å². The van der Waals surface area contributed by atoms with Crippen LogP contribution in [0.1, 0.15) is 39.5 Å². The number of nitrogens with zero attached hydrogens (tertiary/aromatic N) is 4. The van der Waals surface area contributed by atoms with E-state index in [2.05, 4.69) is 28.8 Å². The first-order chi connectivity index (χ1) is 7.14. The Morgan fingerprint density at radius 2 is 2.13 bits per heavy atom. The SMILES string of the molecule is CC1(C)CCCN(CCCN=[N+]=[N-])CC1. The highest BCUT2D eigenvalue weighted by Gasteiger charge is 2.22. The molecule has 0 aromatic rings. The van der Waals surface area contributed by atoms with Gasteiger partial charge < -0.3 is 4.90 Å². The molecular weight excluding hydrogens is 188 g/mol. The minimum Gasteiger partial charge on any atom is -0.303 e. The van der Waals surface area contributed by atoms with Gasteiger partial charge in [0.05, 0.1) is 0 Å². The zero-order valence-electron chi connectivity index (χ0n) is 9.95. The Morgan fingerprint density at radius 3 is 2.87 bits per heavy atom. The fourth-order valence-corrected chi connectivity index (χ4v) is 2.11. The Kier molecular flexibility index (Phi) is 4.92. The van der Waals surface area contributed by atoms with Gasteiger partial charge in [-0.2, -0.15) is 0 Å². The van der Waals surface area contributed by atoms with E-state index in [-0.39, 0.29) is 0 Å². The van der Waals surface area contributed by atoms with Crippen molar-refractivity contribution in [3.05, 3.63) is 10.4 Å². The number of azide groups is 1. The van der Waals surface area contributed by atoms with E-state index in [1.54, 1.807) is 0 Å². The van der Waals surface area contributed by atoms with Crippen LogP contribution in [0.2, 0.25) is 0 Å². The summed E-state index contributed by atoms with van der Waals surface area (Å²) in [5.41, 5.74) is 8.68. The van der Waals surface area contributed by atoms with Crippen LogP contribution in [-0.4, -0.2) is 31.1 Å². The average Bonchev–Trinajstić information content (AvgIpc) is 2.35. The van der Waals surface area contributed by atoms with Crippen molar-refractivity contribution in [1.82, 2.24) is 4.90 Å². The molecule has 1 heterocycles. The summed E-state index contributed by atoms with van der Waals surface area (Å²) >= 11 is 0. The molecule has 15 heavy (non-hydrogen) atoms. The van der Waals surface area contributed by atoms with E-state index in [0.29, 0.717) is 12.0 Å². The van der Waals surface area contributed by atoms with Crippen molar-refractivity contribution in [3.63, 3.8) is 0 Å². The summed E-state index contributed by atoms with van der Waals surface area (Å²) in [7, 11) is 0. The van der Waals surface area contributed by atoms with Crippen molar-refractivity contribution in [2.45, 2.75) is 39.5 Å². The number of likely N-dealkylation sites (tertiary alicyclic amines) is 1. The summed E-state index contributed by atoms with van der Waals surface area (Å²) in [5, 5.41) is 3.56. The molecule has 1 rings (SSSR count). The van der Waals surface area contributed by atoms with E-state index in [0.717, 1.165) is 13.0 Å². The zero-order valence-corrected chi connectivity index (χ0v) is 9.95. The van der Waals surface area contributed by atoms with Crippen molar-refractivity contribution in [2.24, 2.45) is 10.5 Å². The molecule has 1 aliphatic heterocycles. The van der Waals surface area contributed by atoms with Crippen LogP contribution in [0.4, 0.5) is 0 Å². The van der Waals surface area contributed by atoms with Crippen LogP contribution < -0.4 is 0 Å². The average molecular weight is 210 g/mol. The van der Waals surface area contributed by atoms with E-state index in [9.17, 15) is 0 Å². The van der Waals surface area contributed by atoms with Crippen molar-refractivity contribution in [1.29, 1.82) is 0 Å². The van der Waals surface area contributed by atoms with Gasteiger partial charge in [0.15, 0.2) is 0 Å². The predicted molar refractivity (Wildman–Crippen MR) is 62.7 cm³/mol. The number of hydrogen-bond donors (Lipinski definition) is 0. The minimum atomic E-state index is 0.513. The van der Waals surface area contributed by atoms with E-state index in [1.807, 2.05) is 0 Å². The fourth-order valence-electron chi connectivity index (χ4n) is 2.11. The van der Waals surface area contributed by atoms with Crippen LogP contribution in [0.25, 0.3) is 10.4 Å². The molecule has 4 heteroatoms. The molecule has 0 saturated carbocycles. The maximum atomic E-state index is 8.16. The molecular formula is C11H22N4. The van der Waals surface area contributed by atoms with Gasteiger partial charge >= 0.3 is 0 Å². The van der Waals surface area contributed by atoms with Crippen LogP contribution in [-0.2, 0) is 0 Å².